The van der Waals surface area contributed by atoms with Crippen molar-refractivity contribution >= 4 is 0 Å². The van der Waals surface area contributed by atoms with E-state index >= 15 is 0 Å². The lowest BCUT2D eigenvalue weighted by molar-refractivity contribution is -0.231. The Labute approximate surface area is 161 Å². The van der Waals surface area contributed by atoms with Crippen LogP contribution in [0.1, 0.15) is 104 Å². The predicted octanol–water partition coefficient (Wildman–Crippen LogP) is 6.62. The van der Waals surface area contributed by atoms with Crippen LogP contribution in [0.15, 0.2) is 0 Å². The normalized spacial score (nSPS) is 32.3. The van der Waals surface area contributed by atoms with Gasteiger partial charge in [-0.2, -0.15) is 5.26 Å². The summed E-state index contributed by atoms with van der Waals surface area (Å²) in [5.41, 5.74) is -0.0687. The SMILES string of the molecule is CCCCCCC1COC([C@H]2CC[C@](C#N)(CCCCCC)CC2)OC1. The van der Waals surface area contributed by atoms with Crippen LogP contribution >= 0.6 is 0 Å². The van der Waals surface area contributed by atoms with Crippen LogP contribution < -0.4 is 0 Å². The molecule has 150 valence electrons. The number of nitriles is 1. The van der Waals surface area contributed by atoms with Crippen LogP contribution in [0.3, 0.4) is 0 Å². The molecule has 0 radical (unpaired) electrons. The Hall–Kier alpha value is -0.590. The highest BCUT2D eigenvalue weighted by atomic mass is 16.7. The summed E-state index contributed by atoms with van der Waals surface area (Å²) in [4.78, 5) is 0. The van der Waals surface area contributed by atoms with Crippen molar-refractivity contribution in [3.05, 3.63) is 0 Å². The third kappa shape index (κ3) is 6.86. The molecule has 3 heteroatoms. The van der Waals surface area contributed by atoms with Gasteiger partial charge in [0, 0.05) is 11.8 Å². The van der Waals surface area contributed by atoms with Gasteiger partial charge in [0.25, 0.3) is 0 Å². The zero-order valence-electron chi connectivity index (χ0n) is 17.3. The molecule has 0 atom stereocenters. The fourth-order valence-corrected chi connectivity index (χ4v) is 4.63. The van der Waals surface area contributed by atoms with Crippen LogP contribution in [0.5, 0.6) is 0 Å². The summed E-state index contributed by atoms with van der Waals surface area (Å²) in [5, 5.41) is 9.74. The molecule has 1 saturated heterocycles. The summed E-state index contributed by atoms with van der Waals surface area (Å²) in [7, 11) is 0. The molecule has 2 fully saturated rings. The summed E-state index contributed by atoms with van der Waals surface area (Å²) < 4.78 is 12.2. The first-order valence-corrected chi connectivity index (χ1v) is 11.4. The third-order valence-corrected chi connectivity index (χ3v) is 6.58. The Balaban J connectivity index is 1.66. The molecule has 3 nitrogen and oxygen atoms in total. The zero-order chi connectivity index (χ0) is 18.7. The first-order chi connectivity index (χ1) is 12.7. The number of hydrogen-bond acceptors (Lipinski definition) is 3. The maximum Gasteiger partial charge on any atom is 0.160 e. The molecule has 0 aromatic heterocycles. The summed E-state index contributed by atoms with van der Waals surface area (Å²) >= 11 is 0. The molecule has 1 aliphatic carbocycles. The Morgan fingerprint density at radius 1 is 0.885 bits per heavy atom. The molecular formula is C23H41NO2. The van der Waals surface area contributed by atoms with Crippen molar-refractivity contribution in [2.24, 2.45) is 17.3 Å². The summed E-state index contributed by atoms with van der Waals surface area (Å²) in [6, 6.07) is 2.68. The van der Waals surface area contributed by atoms with E-state index in [1.807, 2.05) is 0 Å². The van der Waals surface area contributed by atoms with Crippen molar-refractivity contribution in [3.63, 3.8) is 0 Å². The summed E-state index contributed by atoms with van der Waals surface area (Å²) in [6.07, 6.45) is 16.9. The fourth-order valence-electron chi connectivity index (χ4n) is 4.63. The van der Waals surface area contributed by atoms with Crippen molar-refractivity contribution in [2.45, 2.75) is 110 Å². The van der Waals surface area contributed by atoms with Gasteiger partial charge in [0.05, 0.1) is 24.7 Å². The van der Waals surface area contributed by atoms with Gasteiger partial charge in [-0.15, -0.1) is 0 Å². The van der Waals surface area contributed by atoms with E-state index in [0.29, 0.717) is 11.8 Å². The van der Waals surface area contributed by atoms with Gasteiger partial charge in [-0.05, 0) is 38.5 Å². The Kier molecular flexibility index (Phi) is 10.0. The molecule has 0 bridgehead atoms. The topological polar surface area (TPSA) is 42.2 Å². The average Bonchev–Trinajstić information content (AvgIpc) is 2.70. The molecule has 0 aromatic rings. The predicted molar refractivity (Wildman–Crippen MR) is 107 cm³/mol. The van der Waals surface area contributed by atoms with Gasteiger partial charge in [0.2, 0.25) is 0 Å². The highest BCUT2D eigenvalue weighted by Crippen LogP contribution is 2.44. The van der Waals surface area contributed by atoms with E-state index < -0.39 is 0 Å². The fraction of sp³-hybridized carbons (Fsp3) is 0.957. The van der Waals surface area contributed by atoms with E-state index in [9.17, 15) is 5.26 Å². The van der Waals surface area contributed by atoms with Crippen molar-refractivity contribution in [1.82, 2.24) is 0 Å². The Bertz CT molecular complexity index is 401. The van der Waals surface area contributed by atoms with Gasteiger partial charge in [-0.1, -0.05) is 65.2 Å². The van der Waals surface area contributed by atoms with Crippen LogP contribution in [-0.2, 0) is 9.47 Å². The number of rotatable bonds is 11. The van der Waals surface area contributed by atoms with Crippen molar-refractivity contribution in [2.75, 3.05) is 13.2 Å². The number of nitrogens with zero attached hydrogens (tertiary/aromatic N) is 1. The number of unbranched alkanes of at least 4 members (excludes halogenated alkanes) is 6. The maximum absolute atomic E-state index is 9.74. The number of hydrogen-bond donors (Lipinski definition) is 0. The van der Waals surface area contributed by atoms with Crippen LogP contribution in [0, 0.1) is 28.6 Å². The minimum absolute atomic E-state index is 0.0151. The average molecular weight is 364 g/mol. The molecule has 0 N–H and O–H groups in total. The highest BCUT2D eigenvalue weighted by molar-refractivity contribution is 5.01. The Morgan fingerprint density at radius 2 is 1.50 bits per heavy atom. The smallest absolute Gasteiger partial charge is 0.160 e. The molecule has 26 heavy (non-hydrogen) atoms. The highest BCUT2D eigenvalue weighted by Gasteiger charge is 2.39. The minimum Gasteiger partial charge on any atom is -0.352 e. The summed E-state index contributed by atoms with van der Waals surface area (Å²) in [6.45, 7) is 6.24. The third-order valence-electron chi connectivity index (χ3n) is 6.58. The van der Waals surface area contributed by atoms with Crippen LogP contribution in [-0.4, -0.2) is 19.5 Å². The lowest BCUT2D eigenvalue weighted by Gasteiger charge is -2.40. The van der Waals surface area contributed by atoms with Crippen molar-refractivity contribution in [1.29, 1.82) is 5.26 Å². The molecule has 0 amide bonds. The van der Waals surface area contributed by atoms with E-state index in [1.54, 1.807) is 0 Å². The van der Waals surface area contributed by atoms with Crippen molar-refractivity contribution < 1.29 is 9.47 Å². The molecule has 2 rings (SSSR count). The van der Waals surface area contributed by atoms with Crippen LogP contribution in [0.25, 0.3) is 0 Å². The van der Waals surface area contributed by atoms with Gasteiger partial charge in [0.1, 0.15) is 0 Å². The first-order valence-electron chi connectivity index (χ1n) is 11.4. The lowest BCUT2D eigenvalue weighted by Crippen LogP contribution is -2.40. The van der Waals surface area contributed by atoms with Gasteiger partial charge in [-0.3, -0.25) is 0 Å². The van der Waals surface area contributed by atoms with Gasteiger partial charge < -0.3 is 9.47 Å². The maximum atomic E-state index is 9.74. The molecule has 1 heterocycles. The molecule has 2 aliphatic rings. The molecular weight excluding hydrogens is 322 g/mol. The largest absolute Gasteiger partial charge is 0.352 e. The quantitative estimate of drug-likeness (QED) is 0.387. The number of ether oxygens (including phenoxy) is 2. The van der Waals surface area contributed by atoms with Crippen molar-refractivity contribution in [3.8, 4) is 6.07 Å². The molecule has 0 aromatic carbocycles. The zero-order valence-corrected chi connectivity index (χ0v) is 17.3. The monoisotopic (exact) mass is 363 g/mol. The standard InChI is InChI=1S/C23H41NO2/c1-3-5-7-9-11-20-17-25-22(26-18-20)21-12-15-23(19-24,16-13-21)14-10-8-6-4-2/h20-22H,3-18H2,1-2H3/t20?,21-,22?,23+. The van der Waals surface area contributed by atoms with Gasteiger partial charge in [0.15, 0.2) is 6.29 Å². The van der Waals surface area contributed by atoms with E-state index in [4.69, 9.17) is 9.47 Å². The van der Waals surface area contributed by atoms with E-state index in [1.165, 1.54) is 57.8 Å². The van der Waals surface area contributed by atoms with Gasteiger partial charge >= 0.3 is 0 Å². The molecule has 0 spiro atoms. The minimum atomic E-state index is -0.0687. The molecule has 1 saturated carbocycles. The second kappa shape index (κ2) is 12.0. The first kappa shape index (κ1) is 21.7. The second-order valence-electron chi connectivity index (χ2n) is 8.79. The lowest BCUT2D eigenvalue weighted by atomic mass is 9.68. The summed E-state index contributed by atoms with van der Waals surface area (Å²) in [5.74, 6) is 1.08. The van der Waals surface area contributed by atoms with Crippen LogP contribution in [0.2, 0.25) is 0 Å². The van der Waals surface area contributed by atoms with Crippen LogP contribution in [0.4, 0.5) is 0 Å². The second-order valence-corrected chi connectivity index (χ2v) is 8.79. The van der Waals surface area contributed by atoms with E-state index in [2.05, 4.69) is 19.9 Å². The Morgan fingerprint density at radius 3 is 2.08 bits per heavy atom. The van der Waals surface area contributed by atoms with E-state index in [-0.39, 0.29) is 11.7 Å². The van der Waals surface area contributed by atoms with Gasteiger partial charge in [-0.25, -0.2) is 0 Å². The van der Waals surface area contributed by atoms with E-state index in [0.717, 1.165) is 45.3 Å². The molecule has 1 aliphatic heterocycles. The molecule has 0 unspecified atom stereocenters.